The average Bonchev–Trinajstić information content (AvgIpc) is 2.33. The third-order valence-corrected chi connectivity index (χ3v) is 3.68. The Bertz CT molecular complexity index is 482. The minimum Gasteiger partial charge on any atom is -0.397 e. The lowest BCUT2D eigenvalue weighted by molar-refractivity contribution is 0.896. The molecule has 1 aromatic carbocycles. The van der Waals surface area contributed by atoms with Gasteiger partial charge in [-0.05, 0) is 30.4 Å². The first-order valence-electron chi connectivity index (χ1n) is 5.59. The van der Waals surface area contributed by atoms with Crippen LogP contribution in [0.5, 0.6) is 0 Å². The number of aromatic nitrogens is 1. The van der Waals surface area contributed by atoms with Crippen molar-refractivity contribution in [2.45, 2.75) is 24.7 Å². The first kappa shape index (κ1) is 11.3. The summed E-state index contributed by atoms with van der Waals surface area (Å²) >= 11 is 1.89. The predicted molar refractivity (Wildman–Crippen MR) is 71.8 cm³/mol. The normalized spacial score (nSPS) is 10.8. The zero-order chi connectivity index (χ0) is 11.4. The number of unbranched alkanes of at least 4 members (excludes halogenated alkanes) is 1. The summed E-state index contributed by atoms with van der Waals surface area (Å²) in [7, 11) is 0. The van der Waals surface area contributed by atoms with Gasteiger partial charge in [0.1, 0.15) is 0 Å². The fourth-order valence-corrected chi connectivity index (χ4v) is 2.76. The number of benzene rings is 1. The number of fused-ring (bicyclic) bond motifs is 1. The van der Waals surface area contributed by atoms with E-state index in [1.807, 2.05) is 23.9 Å². The van der Waals surface area contributed by atoms with Gasteiger partial charge in [0.25, 0.3) is 0 Å². The lowest BCUT2D eigenvalue weighted by Crippen LogP contribution is -1.90. The Kier molecular flexibility index (Phi) is 3.67. The molecule has 16 heavy (non-hydrogen) atoms. The van der Waals surface area contributed by atoms with Crippen LogP contribution in [0.1, 0.15) is 19.8 Å². The van der Waals surface area contributed by atoms with Crippen LogP contribution < -0.4 is 5.73 Å². The van der Waals surface area contributed by atoms with E-state index in [2.05, 4.69) is 24.0 Å². The molecular weight excluding hydrogens is 216 g/mol. The van der Waals surface area contributed by atoms with Gasteiger partial charge in [-0.1, -0.05) is 19.4 Å². The Morgan fingerprint density at radius 2 is 2.19 bits per heavy atom. The lowest BCUT2D eigenvalue weighted by atomic mass is 10.2. The molecule has 0 aliphatic heterocycles. The highest BCUT2D eigenvalue weighted by Crippen LogP contribution is 2.30. The van der Waals surface area contributed by atoms with Gasteiger partial charge < -0.3 is 5.73 Å². The molecule has 0 saturated carbocycles. The molecule has 0 atom stereocenters. The van der Waals surface area contributed by atoms with Gasteiger partial charge in [0, 0.05) is 16.5 Å². The van der Waals surface area contributed by atoms with E-state index < -0.39 is 0 Å². The van der Waals surface area contributed by atoms with Crippen molar-refractivity contribution in [1.82, 2.24) is 4.98 Å². The molecule has 0 bridgehead atoms. The van der Waals surface area contributed by atoms with Crippen molar-refractivity contribution < 1.29 is 0 Å². The van der Waals surface area contributed by atoms with E-state index in [-0.39, 0.29) is 0 Å². The van der Waals surface area contributed by atoms with Crippen LogP contribution in [0.25, 0.3) is 10.9 Å². The highest BCUT2D eigenvalue weighted by atomic mass is 32.2. The minimum absolute atomic E-state index is 0.760. The first-order valence-corrected chi connectivity index (χ1v) is 6.57. The maximum absolute atomic E-state index is 5.91. The second kappa shape index (κ2) is 5.21. The molecule has 1 heterocycles. The van der Waals surface area contributed by atoms with Gasteiger partial charge in [-0.15, -0.1) is 11.8 Å². The molecule has 2 aromatic rings. The second-order valence-electron chi connectivity index (χ2n) is 3.75. The Labute approximate surface area is 100 Å². The summed E-state index contributed by atoms with van der Waals surface area (Å²) in [5.41, 5.74) is 7.59. The van der Waals surface area contributed by atoms with Crippen LogP contribution in [0, 0.1) is 0 Å². The van der Waals surface area contributed by atoms with Gasteiger partial charge in [-0.3, -0.25) is 4.98 Å². The van der Waals surface area contributed by atoms with Gasteiger partial charge in [0.15, 0.2) is 0 Å². The number of nitrogens with zero attached hydrogens (tertiary/aromatic N) is 1. The topological polar surface area (TPSA) is 38.9 Å². The number of hydrogen-bond donors (Lipinski definition) is 1. The molecule has 0 spiro atoms. The third kappa shape index (κ3) is 2.30. The van der Waals surface area contributed by atoms with Crippen molar-refractivity contribution in [2.24, 2.45) is 0 Å². The van der Waals surface area contributed by atoms with Gasteiger partial charge in [0.2, 0.25) is 0 Å². The van der Waals surface area contributed by atoms with E-state index in [1.165, 1.54) is 23.1 Å². The summed E-state index contributed by atoms with van der Waals surface area (Å²) in [6, 6.07) is 8.10. The van der Waals surface area contributed by atoms with Crippen LogP contribution in [0.4, 0.5) is 5.69 Å². The Morgan fingerprint density at radius 1 is 1.31 bits per heavy atom. The molecule has 0 aliphatic carbocycles. The van der Waals surface area contributed by atoms with E-state index in [0.29, 0.717) is 0 Å². The Morgan fingerprint density at radius 3 is 3.00 bits per heavy atom. The second-order valence-corrected chi connectivity index (χ2v) is 4.89. The van der Waals surface area contributed by atoms with Gasteiger partial charge in [-0.2, -0.15) is 0 Å². The van der Waals surface area contributed by atoms with Crippen molar-refractivity contribution in [3.05, 3.63) is 30.5 Å². The molecular formula is C13H16N2S. The molecule has 3 heteroatoms. The number of rotatable bonds is 4. The largest absolute Gasteiger partial charge is 0.397 e. The molecule has 2 rings (SSSR count). The monoisotopic (exact) mass is 232 g/mol. The van der Waals surface area contributed by atoms with Crippen molar-refractivity contribution >= 4 is 28.4 Å². The molecule has 0 radical (unpaired) electrons. The first-order chi connectivity index (χ1) is 7.83. The van der Waals surface area contributed by atoms with Crippen LogP contribution in [0.15, 0.2) is 35.4 Å². The lowest BCUT2D eigenvalue weighted by Gasteiger charge is -2.07. The number of anilines is 1. The van der Waals surface area contributed by atoms with Crippen LogP contribution in [-0.2, 0) is 0 Å². The fraction of sp³-hybridized carbons (Fsp3) is 0.308. The van der Waals surface area contributed by atoms with Gasteiger partial charge in [-0.25, -0.2) is 0 Å². The molecule has 2 N–H and O–H groups in total. The summed E-state index contributed by atoms with van der Waals surface area (Å²) in [6.45, 7) is 2.21. The number of pyridine rings is 1. The molecule has 0 aliphatic rings. The zero-order valence-electron chi connectivity index (χ0n) is 9.44. The number of nitrogens with two attached hydrogens (primary N) is 1. The van der Waals surface area contributed by atoms with E-state index in [1.54, 1.807) is 6.20 Å². The quantitative estimate of drug-likeness (QED) is 0.496. The molecule has 0 saturated heterocycles. The molecule has 84 valence electrons. The van der Waals surface area contributed by atoms with Crippen molar-refractivity contribution in [3.63, 3.8) is 0 Å². The average molecular weight is 232 g/mol. The highest BCUT2D eigenvalue weighted by molar-refractivity contribution is 7.99. The molecule has 0 amide bonds. The summed E-state index contributed by atoms with van der Waals surface area (Å²) in [5, 5.41) is 1.17. The SMILES string of the molecule is CCCCSc1ccc(N)c2ncccc12. The summed E-state index contributed by atoms with van der Waals surface area (Å²) in [4.78, 5) is 5.61. The minimum atomic E-state index is 0.760. The van der Waals surface area contributed by atoms with Crippen LogP contribution in [0.3, 0.4) is 0 Å². The summed E-state index contributed by atoms with van der Waals surface area (Å²) < 4.78 is 0. The number of nitrogen functional groups attached to an aromatic ring is 1. The Balaban J connectivity index is 2.35. The summed E-state index contributed by atoms with van der Waals surface area (Å²) in [5.74, 6) is 1.16. The predicted octanol–water partition coefficient (Wildman–Crippen LogP) is 3.71. The smallest absolute Gasteiger partial charge is 0.0942 e. The molecule has 0 unspecified atom stereocenters. The van der Waals surface area contributed by atoms with E-state index >= 15 is 0 Å². The number of thioether (sulfide) groups is 1. The van der Waals surface area contributed by atoms with Crippen LogP contribution in [-0.4, -0.2) is 10.7 Å². The zero-order valence-corrected chi connectivity index (χ0v) is 10.3. The molecule has 2 nitrogen and oxygen atoms in total. The Hall–Kier alpha value is -1.22. The maximum Gasteiger partial charge on any atom is 0.0942 e. The van der Waals surface area contributed by atoms with Crippen molar-refractivity contribution in [3.8, 4) is 0 Å². The standard InChI is InChI=1S/C13H16N2S/c1-2-3-9-16-12-7-6-11(14)13-10(12)5-4-8-15-13/h4-8H,2-3,9,14H2,1H3. The van der Waals surface area contributed by atoms with Gasteiger partial charge in [0.05, 0.1) is 11.2 Å². The van der Waals surface area contributed by atoms with Crippen molar-refractivity contribution in [2.75, 3.05) is 11.5 Å². The molecule has 1 aromatic heterocycles. The van der Waals surface area contributed by atoms with Crippen molar-refractivity contribution in [1.29, 1.82) is 0 Å². The summed E-state index contributed by atoms with van der Waals surface area (Å²) in [6.07, 6.45) is 4.27. The maximum atomic E-state index is 5.91. The van der Waals surface area contributed by atoms with E-state index in [4.69, 9.17) is 5.73 Å². The van der Waals surface area contributed by atoms with E-state index in [9.17, 15) is 0 Å². The van der Waals surface area contributed by atoms with E-state index in [0.717, 1.165) is 17.0 Å². The number of hydrogen-bond acceptors (Lipinski definition) is 3. The highest BCUT2D eigenvalue weighted by Gasteiger charge is 2.04. The third-order valence-electron chi connectivity index (χ3n) is 2.52. The van der Waals surface area contributed by atoms with Gasteiger partial charge >= 0.3 is 0 Å². The van der Waals surface area contributed by atoms with Crippen LogP contribution in [0.2, 0.25) is 0 Å². The van der Waals surface area contributed by atoms with Crippen LogP contribution >= 0.6 is 11.8 Å². The fourth-order valence-electron chi connectivity index (χ4n) is 1.62. The molecule has 0 fully saturated rings.